The highest BCUT2D eigenvalue weighted by Crippen LogP contribution is 2.27. The Labute approximate surface area is 136 Å². The fraction of sp³-hybridized carbons (Fsp3) is 0.438. The highest BCUT2D eigenvalue weighted by atomic mass is 35.5. The number of halogens is 2. The molecule has 1 unspecified atom stereocenters. The van der Waals surface area contributed by atoms with Crippen LogP contribution in [0.15, 0.2) is 24.3 Å². The molecule has 2 aromatic rings. The number of aromatic nitrogens is 2. The standard InChI is InChI=1S/C16H21Cl2N3/c1-4-19-14(12-7-6-8-13(17)9-12)10-15-16(18)11(3)20-21(15)5-2/h6-9,14,19H,4-5,10H2,1-3H3. The van der Waals surface area contributed by atoms with Crippen molar-refractivity contribution in [3.8, 4) is 0 Å². The van der Waals surface area contributed by atoms with Gasteiger partial charge < -0.3 is 5.32 Å². The van der Waals surface area contributed by atoms with E-state index in [0.717, 1.165) is 40.9 Å². The lowest BCUT2D eigenvalue weighted by atomic mass is 10.0. The summed E-state index contributed by atoms with van der Waals surface area (Å²) in [5.74, 6) is 0. The van der Waals surface area contributed by atoms with Gasteiger partial charge in [-0.25, -0.2) is 0 Å². The van der Waals surface area contributed by atoms with Crippen LogP contribution in [0.3, 0.4) is 0 Å². The van der Waals surface area contributed by atoms with E-state index in [1.807, 2.05) is 29.8 Å². The van der Waals surface area contributed by atoms with Crippen molar-refractivity contribution >= 4 is 23.2 Å². The molecular weight excluding hydrogens is 305 g/mol. The second-order valence-electron chi connectivity index (χ2n) is 5.03. The molecule has 0 aliphatic rings. The third kappa shape index (κ3) is 3.79. The molecule has 2 rings (SSSR count). The molecule has 1 aromatic heterocycles. The van der Waals surface area contributed by atoms with Crippen molar-refractivity contribution in [2.75, 3.05) is 6.54 Å². The monoisotopic (exact) mass is 325 g/mol. The minimum Gasteiger partial charge on any atom is -0.310 e. The minimum absolute atomic E-state index is 0.174. The van der Waals surface area contributed by atoms with Crippen LogP contribution in [0.25, 0.3) is 0 Å². The van der Waals surface area contributed by atoms with E-state index in [9.17, 15) is 0 Å². The molecule has 114 valence electrons. The maximum atomic E-state index is 6.42. The number of aryl methyl sites for hydroxylation is 2. The van der Waals surface area contributed by atoms with Gasteiger partial charge in [0.1, 0.15) is 0 Å². The maximum absolute atomic E-state index is 6.42. The third-order valence-corrected chi connectivity index (χ3v) is 4.28. The summed E-state index contributed by atoms with van der Waals surface area (Å²) < 4.78 is 1.98. The van der Waals surface area contributed by atoms with E-state index in [1.165, 1.54) is 5.56 Å². The van der Waals surface area contributed by atoms with E-state index >= 15 is 0 Å². The average Bonchev–Trinajstić information content (AvgIpc) is 2.74. The van der Waals surface area contributed by atoms with Crippen LogP contribution < -0.4 is 5.32 Å². The summed E-state index contributed by atoms with van der Waals surface area (Å²) in [7, 11) is 0. The molecule has 1 heterocycles. The van der Waals surface area contributed by atoms with Crippen LogP contribution in [-0.2, 0) is 13.0 Å². The number of hydrogen-bond donors (Lipinski definition) is 1. The largest absolute Gasteiger partial charge is 0.310 e. The zero-order valence-corrected chi connectivity index (χ0v) is 14.2. The van der Waals surface area contributed by atoms with Gasteiger partial charge in [-0.3, -0.25) is 4.68 Å². The van der Waals surface area contributed by atoms with Gasteiger partial charge in [0, 0.05) is 24.0 Å². The van der Waals surface area contributed by atoms with Crippen LogP contribution >= 0.6 is 23.2 Å². The Morgan fingerprint density at radius 1 is 1.29 bits per heavy atom. The number of nitrogens with one attached hydrogen (secondary N) is 1. The molecule has 3 nitrogen and oxygen atoms in total. The molecule has 1 atom stereocenters. The molecule has 0 bridgehead atoms. The van der Waals surface area contributed by atoms with Crippen LogP contribution in [0.1, 0.15) is 36.8 Å². The SMILES string of the molecule is CCNC(Cc1c(Cl)c(C)nn1CC)c1cccc(Cl)c1. The summed E-state index contributed by atoms with van der Waals surface area (Å²) in [6, 6.07) is 8.13. The van der Waals surface area contributed by atoms with Gasteiger partial charge in [-0.2, -0.15) is 5.10 Å². The van der Waals surface area contributed by atoms with E-state index in [-0.39, 0.29) is 6.04 Å². The van der Waals surface area contributed by atoms with E-state index in [2.05, 4.69) is 30.3 Å². The predicted octanol–water partition coefficient (Wildman–Crippen LogP) is 4.41. The third-order valence-electron chi connectivity index (χ3n) is 3.55. The van der Waals surface area contributed by atoms with E-state index in [1.54, 1.807) is 0 Å². The van der Waals surface area contributed by atoms with Crippen LogP contribution in [0, 0.1) is 6.92 Å². The van der Waals surface area contributed by atoms with Gasteiger partial charge in [0.05, 0.1) is 16.4 Å². The molecule has 0 amide bonds. The van der Waals surface area contributed by atoms with Crippen molar-refractivity contribution in [1.82, 2.24) is 15.1 Å². The highest BCUT2D eigenvalue weighted by molar-refractivity contribution is 6.32. The second kappa shape index (κ2) is 7.30. The molecule has 0 saturated carbocycles. The Kier molecular flexibility index (Phi) is 5.68. The molecule has 5 heteroatoms. The van der Waals surface area contributed by atoms with Crippen molar-refractivity contribution in [1.29, 1.82) is 0 Å². The lowest BCUT2D eigenvalue weighted by molar-refractivity contribution is 0.516. The number of rotatable bonds is 6. The van der Waals surface area contributed by atoms with Crippen molar-refractivity contribution in [2.45, 2.75) is 39.8 Å². The molecule has 1 N–H and O–H groups in total. The fourth-order valence-corrected chi connectivity index (χ4v) is 2.95. The minimum atomic E-state index is 0.174. The normalized spacial score (nSPS) is 12.6. The van der Waals surface area contributed by atoms with Gasteiger partial charge in [0.25, 0.3) is 0 Å². The Bertz CT molecular complexity index is 608. The summed E-state index contributed by atoms with van der Waals surface area (Å²) in [5.41, 5.74) is 3.12. The molecule has 0 aliphatic heterocycles. The summed E-state index contributed by atoms with van der Waals surface area (Å²) in [6.07, 6.45) is 0.793. The molecular formula is C16H21Cl2N3. The Morgan fingerprint density at radius 3 is 2.67 bits per heavy atom. The van der Waals surface area contributed by atoms with E-state index in [4.69, 9.17) is 23.2 Å². The van der Waals surface area contributed by atoms with Gasteiger partial charge in [-0.1, -0.05) is 42.3 Å². The molecule has 0 saturated heterocycles. The van der Waals surface area contributed by atoms with Crippen LogP contribution in [0.2, 0.25) is 10.0 Å². The molecule has 1 aromatic carbocycles. The van der Waals surface area contributed by atoms with Gasteiger partial charge >= 0.3 is 0 Å². The first kappa shape index (κ1) is 16.3. The molecule has 0 aliphatic carbocycles. The Balaban J connectivity index is 2.32. The number of likely N-dealkylation sites (N-methyl/N-ethyl adjacent to an activating group) is 1. The smallest absolute Gasteiger partial charge is 0.0847 e. The fourth-order valence-electron chi connectivity index (χ4n) is 2.53. The van der Waals surface area contributed by atoms with Crippen LogP contribution in [-0.4, -0.2) is 16.3 Å². The summed E-state index contributed by atoms with van der Waals surface area (Å²) in [4.78, 5) is 0. The van der Waals surface area contributed by atoms with Crippen molar-refractivity contribution in [3.05, 3.63) is 51.3 Å². The van der Waals surface area contributed by atoms with Gasteiger partial charge in [-0.05, 0) is 38.1 Å². The molecule has 0 radical (unpaired) electrons. The average molecular weight is 326 g/mol. The van der Waals surface area contributed by atoms with Gasteiger partial charge in [0.15, 0.2) is 0 Å². The van der Waals surface area contributed by atoms with Crippen molar-refractivity contribution in [2.24, 2.45) is 0 Å². The van der Waals surface area contributed by atoms with Crippen molar-refractivity contribution in [3.63, 3.8) is 0 Å². The second-order valence-corrected chi connectivity index (χ2v) is 5.85. The predicted molar refractivity (Wildman–Crippen MR) is 89.2 cm³/mol. The molecule has 21 heavy (non-hydrogen) atoms. The summed E-state index contributed by atoms with van der Waals surface area (Å²) in [6.45, 7) is 7.82. The zero-order valence-electron chi connectivity index (χ0n) is 12.7. The first-order valence-corrected chi connectivity index (χ1v) is 8.03. The van der Waals surface area contributed by atoms with Crippen LogP contribution in [0.5, 0.6) is 0 Å². The topological polar surface area (TPSA) is 29.9 Å². The summed E-state index contributed by atoms with van der Waals surface area (Å²) in [5, 5.41) is 9.51. The summed E-state index contributed by atoms with van der Waals surface area (Å²) >= 11 is 12.5. The Hall–Kier alpha value is -1.03. The molecule has 0 fully saturated rings. The Morgan fingerprint density at radius 2 is 2.05 bits per heavy atom. The highest BCUT2D eigenvalue weighted by Gasteiger charge is 2.19. The van der Waals surface area contributed by atoms with Gasteiger partial charge in [0.2, 0.25) is 0 Å². The first-order chi connectivity index (χ1) is 10.1. The maximum Gasteiger partial charge on any atom is 0.0847 e. The van der Waals surface area contributed by atoms with E-state index < -0.39 is 0 Å². The molecule has 0 spiro atoms. The zero-order chi connectivity index (χ0) is 15.4. The van der Waals surface area contributed by atoms with E-state index in [0.29, 0.717) is 0 Å². The van der Waals surface area contributed by atoms with Crippen LogP contribution in [0.4, 0.5) is 0 Å². The van der Waals surface area contributed by atoms with Crippen molar-refractivity contribution < 1.29 is 0 Å². The number of hydrogen-bond acceptors (Lipinski definition) is 2. The van der Waals surface area contributed by atoms with Gasteiger partial charge in [-0.15, -0.1) is 0 Å². The lowest BCUT2D eigenvalue weighted by Crippen LogP contribution is -2.24. The first-order valence-electron chi connectivity index (χ1n) is 7.27. The number of nitrogens with zero attached hydrogens (tertiary/aromatic N) is 2. The lowest BCUT2D eigenvalue weighted by Gasteiger charge is -2.19. The number of benzene rings is 1. The quantitative estimate of drug-likeness (QED) is 0.852.